The fourth-order valence-electron chi connectivity index (χ4n) is 2.28. The van der Waals surface area contributed by atoms with Gasteiger partial charge in [-0.1, -0.05) is 6.07 Å². The summed E-state index contributed by atoms with van der Waals surface area (Å²) in [5.74, 6) is -1.61. The minimum absolute atomic E-state index is 0.0382. The Labute approximate surface area is 123 Å². The second kappa shape index (κ2) is 5.14. The summed E-state index contributed by atoms with van der Waals surface area (Å²) in [6.07, 6.45) is 2.58. The lowest BCUT2D eigenvalue weighted by Crippen LogP contribution is -2.59. The van der Waals surface area contributed by atoms with Gasteiger partial charge in [0.1, 0.15) is 5.54 Å². The molecule has 0 spiro atoms. The smallest absolute Gasteiger partial charge is 0.329 e. The third-order valence-electron chi connectivity index (χ3n) is 3.85. The van der Waals surface area contributed by atoms with Gasteiger partial charge in [-0.15, -0.1) is 0 Å². The minimum atomic E-state index is -3.42. The molecule has 0 aromatic heterocycles. The zero-order chi connectivity index (χ0) is 15.8. The number of carboxylic acid groups (broad SMARTS) is 1. The first-order valence-corrected chi connectivity index (χ1v) is 8.41. The molecule has 114 valence electrons. The van der Waals surface area contributed by atoms with E-state index >= 15 is 0 Å². The molecule has 6 nitrogen and oxygen atoms in total. The minimum Gasteiger partial charge on any atom is -0.480 e. The largest absolute Gasteiger partial charge is 0.480 e. The second-order valence-electron chi connectivity index (χ2n) is 5.44. The first kappa shape index (κ1) is 15.5. The Hall–Kier alpha value is -1.89. The lowest BCUT2D eigenvalue weighted by atomic mass is 9.76. The lowest BCUT2D eigenvalue weighted by molar-refractivity contribution is -0.148. The molecule has 1 aromatic carbocycles. The van der Waals surface area contributed by atoms with Gasteiger partial charge in [-0.05, 0) is 43.9 Å². The number of amides is 1. The Kier molecular flexibility index (Phi) is 3.79. The molecule has 2 rings (SSSR count). The molecule has 1 amide bonds. The normalized spacial score (nSPS) is 16.9. The van der Waals surface area contributed by atoms with Crippen LogP contribution in [0, 0.1) is 6.92 Å². The predicted molar refractivity (Wildman–Crippen MR) is 76.0 cm³/mol. The van der Waals surface area contributed by atoms with Gasteiger partial charge in [0.05, 0.1) is 4.90 Å². The van der Waals surface area contributed by atoms with Gasteiger partial charge in [-0.2, -0.15) is 0 Å². The van der Waals surface area contributed by atoms with E-state index in [2.05, 4.69) is 5.32 Å². The highest BCUT2D eigenvalue weighted by molar-refractivity contribution is 7.90. The van der Waals surface area contributed by atoms with Crippen molar-refractivity contribution in [3.63, 3.8) is 0 Å². The lowest BCUT2D eigenvalue weighted by Gasteiger charge is -2.38. The summed E-state index contributed by atoms with van der Waals surface area (Å²) in [6.45, 7) is 1.68. The average molecular weight is 311 g/mol. The van der Waals surface area contributed by atoms with Crippen LogP contribution in [0.4, 0.5) is 0 Å². The summed E-state index contributed by atoms with van der Waals surface area (Å²) < 4.78 is 23.1. The number of carboxylic acids is 1. The number of hydrogen-bond acceptors (Lipinski definition) is 4. The Morgan fingerprint density at radius 3 is 2.33 bits per heavy atom. The molecule has 2 N–H and O–H groups in total. The van der Waals surface area contributed by atoms with Crippen molar-refractivity contribution >= 4 is 21.7 Å². The van der Waals surface area contributed by atoms with Crippen molar-refractivity contribution in [2.75, 3.05) is 6.26 Å². The van der Waals surface area contributed by atoms with E-state index in [0.29, 0.717) is 18.4 Å². The van der Waals surface area contributed by atoms with Crippen molar-refractivity contribution < 1.29 is 23.1 Å². The molecule has 21 heavy (non-hydrogen) atoms. The first-order chi connectivity index (χ1) is 9.66. The number of rotatable bonds is 4. The number of nitrogens with one attached hydrogen (secondary N) is 1. The molecular formula is C14H17NO5S. The van der Waals surface area contributed by atoms with Gasteiger partial charge in [-0.3, -0.25) is 4.79 Å². The van der Waals surface area contributed by atoms with Gasteiger partial charge >= 0.3 is 5.97 Å². The predicted octanol–water partition coefficient (Wildman–Crippen LogP) is 1.14. The van der Waals surface area contributed by atoms with Gasteiger partial charge in [0, 0.05) is 11.8 Å². The van der Waals surface area contributed by atoms with Crippen LogP contribution in [0.1, 0.15) is 35.2 Å². The Morgan fingerprint density at radius 2 is 1.90 bits per heavy atom. The molecular weight excluding hydrogens is 294 g/mol. The van der Waals surface area contributed by atoms with Gasteiger partial charge in [0.15, 0.2) is 9.84 Å². The number of benzene rings is 1. The Bertz CT molecular complexity index is 704. The fraction of sp³-hybridized carbons (Fsp3) is 0.429. The molecule has 0 atom stereocenters. The number of hydrogen-bond donors (Lipinski definition) is 2. The molecule has 0 bridgehead atoms. The first-order valence-electron chi connectivity index (χ1n) is 6.52. The van der Waals surface area contributed by atoms with E-state index in [-0.39, 0.29) is 10.5 Å². The molecule has 0 unspecified atom stereocenters. The summed E-state index contributed by atoms with van der Waals surface area (Å²) in [7, 11) is -3.42. The quantitative estimate of drug-likeness (QED) is 0.868. The van der Waals surface area contributed by atoms with Crippen LogP contribution in [-0.2, 0) is 14.6 Å². The maximum atomic E-state index is 12.3. The van der Waals surface area contributed by atoms with E-state index in [1.54, 1.807) is 13.0 Å². The average Bonchev–Trinajstić information content (AvgIpc) is 2.32. The topological polar surface area (TPSA) is 101 Å². The van der Waals surface area contributed by atoms with Crippen LogP contribution in [0.2, 0.25) is 0 Å². The fourth-order valence-corrected chi connectivity index (χ4v) is 2.93. The summed E-state index contributed by atoms with van der Waals surface area (Å²) in [6, 6.07) is 4.26. The zero-order valence-corrected chi connectivity index (χ0v) is 12.7. The molecule has 1 fully saturated rings. The summed E-state index contributed by atoms with van der Waals surface area (Å²) in [4.78, 5) is 23.6. The summed E-state index contributed by atoms with van der Waals surface area (Å²) in [5.41, 5.74) is -0.435. The van der Waals surface area contributed by atoms with Crippen LogP contribution in [-0.4, -0.2) is 37.2 Å². The van der Waals surface area contributed by atoms with Gasteiger partial charge < -0.3 is 10.4 Å². The van der Waals surface area contributed by atoms with E-state index in [9.17, 15) is 23.1 Å². The van der Waals surface area contributed by atoms with Crippen molar-refractivity contribution in [2.24, 2.45) is 0 Å². The van der Waals surface area contributed by atoms with Gasteiger partial charge in [0.25, 0.3) is 5.91 Å². The number of sulfone groups is 1. The highest BCUT2D eigenvalue weighted by Crippen LogP contribution is 2.32. The molecule has 7 heteroatoms. The number of carbonyl (C=O) groups excluding carboxylic acids is 1. The van der Waals surface area contributed by atoms with Crippen LogP contribution in [0.25, 0.3) is 0 Å². The van der Waals surface area contributed by atoms with Crippen molar-refractivity contribution in [1.82, 2.24) is 5.32 Å². The Morgan fingerprint density at radius 1 is 1.29 bits per heavy atom. The van der Waals surface area contributed by atoms with Crippen LogP contribution in [0.3, 0.4) is 0 Å². The SMILES string of the molecule is Cc1ccc(S(C)(=O)=O)cc1C(=O)NC1(C(=O)O)CCC1. The number of aliphatic carboxylic acids is 1. The molecule has 1 aliphatic carbocycles. The van der Waals surface area contributed by atoms with E-state index in [1.165, 1.54) is 12.1 Å². The summed E-state index contributed by atoms with van der Waals surface area (Å²) in [5, 5.41) is 11.8. The monoisotopic (exact) mass is 311 g/mol. The zero-order valence-electron chi connectivity index (χ0n) is 11.8. The molecule has 1 aliphatic rings. The molecule has 1 saturated carbocycles. The van der Waals surface area contributed by atoms with Gasteiger partial charge in [0.2, 0.25) is 0 Å². The second-order valence-corrected chi connectivity index (χ2v) is 7.46. The number of aryl methyl sites for hydroxylation is 1. The standard InChI is InChI=1S/C14H17NO5S/c1-9-4-5-10(21(2,19)20)8-11(9)12(16)15-14(13(17)18)6-3-7-14/h4-5,8H,3,6-7H2,1-2H3,(H,15,16)(H,17,18). The van der Waals surface area contributed by atoms with E-state index in [4.69, 9.17) is 0 Å². The van der Waals surface area contributed by atoms with Crippen LogP contribution >= 0.6 is 0 Å². The van der Waals surface area contributed by atoms with Crippen molar-refractivity contribution in [3.05, 3.63) is 29.3 Å². The molecule has 1 aromatic rings. The van der Waals surface area contributed by atoms with E-state index < -0.39 is 27.3 Å². The van der Waals surface area contributed by atoms with Crippen molar-refractivity contribution in [3.8, 4) is 0 Å². The van der Waals surface area contributed by atoms with Crippen LogP contribution in [0.5, 0.6) is 0 Å². The number of carbonyl (C=O) groups is 2. The van der Waals surface area contributed by atoms with Crippen molar-refractivity contribution in [2.45, 2.75) is 36.6 Å². The molecule has 0 aliphatic heterocycles. The van der Waals surface area contributed by atoms with Crippen LogP contribution in [0.15, 0.2) is 23.1 Å². The molecule has 0 saturated heterocycles. The third kappa shape index (κ3) is 2.92. The van der Waals surface area contributed by atoms with Crippen molar-refractivity contribution in [1.29, 1.82) is 0 Å². The highest BCUT2D eigenvalue weighted by Gasteiger charge is 2.45. The molecule has 0 heterocycles. The molecule has 0 radical (unpaired) electrons. The third-order valence-corrected chi connectivity index (χ3v) is 4.96. The van der Waals surface area contributed by atoms with Crippen LogP contribution < -0.4 is 5.32 Å². The highest BCUT2D eigenvalue weighted by atomic mass is 32.2. The maximum Gasteiger partial charge on any atom is 0.329 e. The van der Waals surface area contributed by atoms with E-state index in [1.807, 2.05) is 0 Å². The maximum absolute atomic E-state index is 12.3. The van der Waals surface area contributed by atoms with E-state index in [0.717, 1.165) is 12.7 Å². The van der Waals surface area contributed by atoms with Gasteiger partial charge in [-0.25, -0.2) is 13.2 Å². The summed E-state index contributed by atoms with van der Waals surface area (Å²) >= 11 is 0. The Balaban J connectivity index is 2.33.